The van der Waals surface area contributed by atoms with Crippen LogP contribution < -0.4 is 5.32 Å². The van der Waals surface area contributed by atoms with E-state index in [1.54, 1.807) is 24.3 Å². The number of nitro groups is 1. The minimum atomic E-state index is -0.482. The van der Waals surface area contributed by atoms with Gasteiger partial charge in [-0.05, 0) is 23.9 Å². The van der Waals surface area contributed by atoms with Gasteiger partial charge in [-0.15, -0.1) is 0 Å². The number of amides is 2. The van der Waals surface area contributed by atoms with Crippen molar-refractivity contribution in [2.45, 2.75) is 6.92 Å². The van der Waals surface area contributed by atoms with E-state index in [2.05, 4.69) is 10.3 Å². The number of hydrogen-bond donors (Lipinski definition) is 1. The molecule has 0 unspecified atom stereocenters. The van der Waals surface area contributed by atoms with Crippen molar-refractivity contribution in [3.05, 3.63) is 57.2 Å². The van der Waals surface area contributed by atoms with Gasteiger partial charge in [-0.1, -0.05) is 12.1 Å². The number of non-ortho nitro benzene ring substituents is 1. The largest absolute Gasteiger partial charge is 0.457 e. The van der Waals surface area contributed by atoms with Crippen LogP contribution in [0.5, 0.6) is 0 Å². The highest BCUT2D eigenvalue weighted by Gasteiger charge is 2.23. The van der Waals surface area contributed by atoms with Crippen LogP contribution in [0.2, 0.25) is 0 Å². The molecule has 0 saturated heterocycles. The van der Waals surface area contributed by atoms with Crippen LogP contribution in [0, 0.1) is 10.1 Å². The summed E-state index contributed by atoms with van der Waals surface area (Å²) < 4.78 is 5.63. The summed E-state index contributed by atoms with van der Waals surface area (Å²) in [6, 6.07) is 9.36. The summed E-state index contributed by atoms with van der Waals surface area (Å²) in [5, 5.41) is 13.5. The van der Waals surface area contributed by atoms with Gasteiger partial charge in [0.15, 0.2) is 5.17 Å². The molecule has 0 atom stereocenters. The number of amidine groups is 1. The lowest BCUT2D eigenvalue weighted by molar-refractivity contribution is -0.384. The molecule has 0 fully saturated rings. The van der Waals surface area contributed by atoms with Crippen molar-refractivity contribution in [3.63, 3.8) is 0 Å². The molecule has 1 aromatic carbocycles. The lowest BCUT2D eigenvalue weighted by Gasteiger charge is -1.98. The van der Waals surface area contributed by atoms with Gasteiger partial charge in [0.25, 0.3) is 11.6 Å². The number of benzene rings is 1. The Bertz CT molecular complexity index is 945. The maximum Gasteiger partial charge on any atom is 0.286 e. The second-order valence-corrected chi connectivity index (χ2v) is 6.05. The highest BCUT2D eigenvalue weighted by atomic mass is 32.2. The molecule has 25 heavy (non-hydrogen) atoms. The molecule has 126 valence electrons. The first-order chi connectivity index (χ1) is 11.9. The zero-order valence-corrected chi connectivity index (χ0v) is 13.7. The zero-order chi connectivity index (χ0) is 18.0. The number of aliphatic imine (C=N–C) groups is 1. The van der Waals surface area contributed by atoms with Crippen molar-refractivity contribution in [3.8, 4) is 11.3 Å². The smallest absolute Gasteiger partial charge is 0.286 e. The van der Waals surface area contributed by atoms with Crippen LogP contribution in [-0.2, 0) is 9.59 Å². The molecule has 2 aromatic rings. The van der Waals surface area contributed by atoms with Crippen LogP contribution in [0.3, 0.4) is 0 Å². The number of rotatable bonds is 3. The van der Waals surface area contributed by atoms with Crippen LogP contribution in [0.1, 0.15) is 12.7 Å². The lowest BCUT2D eigenvalue weighted by atomic mass is 10.1. The SMILES string of the molecule is CC(=O)NC1=NC(=O)/C(=C/c2ccc(-c3cccc([N+](=O)[O-])c3)o2)S1. The third-order valence-corrected chi connectivity index (χ3v) is 4.04. The molecule has 0 aliphatic carbocycles. The van der Waals surface area contributed by atoms with Gasteiger partial charge in [0.2, 0.25) is 5.91 Å². The molecular formula is C16H11N3O5S. The molecule has 2 amide bonds. The average Bonchev–Trinajstić information content (AvgIpc) is 3.14. The van der Waals surface area contributed by atoms with Crippen LogP contribution in [-0.4, -0.2) is 21.9 Å². The average molecular weight is 357 g/mol. The number of nitrogens with one attached hydrogen (secondary N) is 1. The third kappa shape index (κ3) is 3.83. The number of thioether (sulfide) groups is 1. The fourth-order valence-corrected chi connectivity index (χ4v) is 2.94. The van der Waals surface area contributed by atoms with Gasteiger partial charge in [0, 0.05) is 30.7 Å². The normalized spacial score (nSPS) is 15.3. The van der Waals surface area contributed by atoms with Crippen molar-refractivity contribution in [2.24, 2.45) is 4.99 Å². The fourth-order valence-electron chi connectivity index (χ4n) is 2.10. The van der Waals surface area contributed by atoms with Crippen LogP contribution >= 0.6 is 11.8 Å². The predicted molar refractivity (Wildman–Crippen MR) is 92.6 cm³/mol. The van der Waals surface area contributed by atoms with Gasteiger partial charge < -0.3 is 9.73 Å². The Hall–Kier alpha value is -3.20. The maximum atomic E-state index is 11.8. The van der Waals surface area contributed by atoms with Crippen molar-refractivity contribution in [1.82, 2.24) is 5.32 Å². The van der Waals surface area contributed by atoms with E-state index in [0.29, 0.717) is 22.0 Å². The van der Waals surface area contributed by atoms with Gasteiger partial charge in [-0.25, -0.2) is 0 Å². The molecule has 8 nitrogen and oxygen atoms in total. The second kappa shape index (κ2) is 6.73. The molecule has 1 N–H and O–H groups in total. The van der Waals surface area contributed by atoms with Crippen LogP contribution in [0.15, 0.2) is 50.7 Å². The minimum Gasteiger partial charge on any atom is -0.457 e. The maximum absolute atomic E-state index is 11.8. The highest BCUT2D eigenvalue weighted by molar-refractivity contribution is 8.18. The van der Waals surface area contributed by atoms with Crippen molar-refractivity contribution >= 4 is 40.5 Å². The zero-order valence-electron chi connectivity index (χ0n) is 12.9. The van der Waals surface area contributed by atoms with Gasteiger partial charge in [-0.2, -0.15) is 4.99 Å². The number of hydrogen-bond acceptors (Lipinski definition) is 6. The molecule has 1 aliphatic heterocycles. The van der Waals surface area contributed by atoms with Gasteiger partial charge in [-0.3, -0.25) is 19.7 Å². The van der Waals surface area contributed by atoms with Crippen molar-refractivity contribution in [1.29, 1.82) is 0 Å². The predicted octanol–water partition coefficient (Wildman–Crippen LogP) is 2.96. The lowest BCUT2D eigenvalue weighted by Crippen LogP contribution is -2.23. The molecule has 1 aliphatic rings. The summed E-state index contributed by atoms with van der Waals surface area (Å²) in [6.45, 7) is 1.33. The number of carbonyl (C=O) groups is 2. The first-order valence-electron chi connectivity index (χ1n) is 7.07. The number of carbonyl (C=O) groups excluding carboxylic acids is 2. The summed E-state index contributed by atoms with van der Waals surface area (Å²) >= 11 is 1.03. The highest BCUT2D eigenvalue weighted by Crippen LogP contribution is 2.30. The van der Waals surface area contributed by atoms with Gasteiger partial charge >= 0.3 is 0 Å². The molecule has 2 heterocycles. The Morgan fingerprint density at radius 3 is 2.88 bits per heavy atom. The summed E-state index contributed by atoms with van der Waals surface area (Å²) in [7, 11) is 0. The second-order valence-electron chi connectivity index (χ2n) is 5.02. The summed E-state index contributed by atoms with van der Waals surface area (Å²) in [6.07, 6.45) is 1.51. The Morgan fingerprint density at radius 1 is 1.36 bits per heavy atom. The molecule has 9 heteroatoms. The number of nitrogens with zero attached hydrogens (tertiary/aromatic N) is 2. The van der Waals surface area contributed by atoms with E-state index < -0.39 is 10.8 Å². The molecule has 1 aromatic heterocycles. The molecule has 0 radical (unpaired) electrons. The van der Waals surface area contributed by atoms with Crippen LogP contribution in [0.4, 0.5) is 5.69 Å². The summed E-state index contributed by atoms with van der Waals surface area (Å²) in [4.78, 5) is 37.2. The van der Waals surface area contributed by atoms with E-state index in [1.165, 1.54) is 25.1 Å². The summed E-state index contributed by atoms with van der Waals surface area (Å²) in [5.41, 5.74) is 0.517. The first-order valence-corrected chi connectivity index (χ1v) is 7.89. The monoisotopic (exact) mass is 357 g/mol. The molecule has 0 bridgehead atoms. The van der Waals surface area contributed by atoms with E-state index in [4.69, 9.17) is 4.42 Å². The van der Waals surface area contributed by atoms with Crippen molar-refractivity contribution in [2.75, 3.05) is 0 Å². The fraction of sp³-hybridized carbons (Fsp3) is 0.0625. The summed E-state index contributed by atoms with van der Waals surface area (Å²) in [5.74, 6) is 0.0546. The van der Waals surface area contributed by atoms with E-state index in [0.717, 1.165) is 11.8 Å². The Labute approximate surface area is 145 Å². The molecule has 0 spiro atoms. The Balaban J connectivity index is 1.81. The van der Waals surface area contributed by atoms with E-state index >= 15 is 0 Å². The Kier molecular flexibility index (Phi) is 4.48. The van der Waals surface area contributed by atoms with E-state index in [9.17, 15) is 19.7 Å². The van der Waals surface area contributed by atoms with Crippen LogP contribution in [0.25, 0.3) is 17.4 Å². The Morgan fingerprint density at radius 2 is 2.16 bits per heavy atom. The minimum absolute atomic E-state index is 0.0383. The van der Waals surface area contributed by atoms with E-state index in [1.807, 2.05) is 0 Å². The molecule has 0 saturated carbocycles. The molecular weight excluding hydrogens is 346 g/mol. The van der Waals surface area contributed by atoms with Gasteiger partial charge in [0.1, 0.15) is 11.5 Å². The third-order valence-electron chi connectivity index (χ3n) is 3.15. The number of nitro benzene ring substituents is 1. The first kappa shape index (κ1) is 16.7. The standard InChI is InChI=1S/C16H11N3O5S/c1-9(20)17-16-18-15(21)14(25-16)8-12-5-6-13(24-12)10-3-2-4-11(7-10)19(22)23/h2-8H,1H3,(H,17,18,20,21)/b14-8-. The topological polar surface area (TPSA) is 115 Å². The van der Waals surface area contributed by atoms with E-state index in [-0.39, 0.29) is 16.8 Å². The number of furan rings is 1. The quantitative estimate of drug-likeness (QED) is 0.513. The molecule has 3 rings (SSSR count). The van der Waals surface area contributed by atoms with Gasteiger partial charge in [0.05, 0.1) is 9.83 Å². The van der Waals surface area contributed by atoms with Crippen molar-refractivity contribution < 1.29 is 18.9 Å².